The van der Waals surface area contributed by atoms with Crippen molar-refractivity contribution in [3.8, 4) is 0 Å². The Balaban J connectivity index is 2.43. The first-order valence-electron chi connectivity index (χ1n) is 5.23. The Kier molecular flexibility index (Phi) is 4.75. The van der Waals surface area contributed by atoms with Gasteiger partial charge in [0, 0.05) is 13.1 Å². The molecule has 1 unspecified atom stereocenters. The molecule has 0 spiro atoms. The normalized spacial score (nSPS) is 14.9. The maximum absolute atomic E-state index is 9.81. The zero-order chi connectivity index (χ0) is 11.3. The van der Waals surface area contributed by atoms with Crippen LogP contribution in [0.25, 0.3) is 0 Å². The Bertz CT molecular complexity index is 299. The van der Waals surface area contributed by atoms with Crippen molar-refractivity contribution in [2.45, 2.75) is 26.1 Å². The van der Waals surface area contributed by atoms with E-state index in [-0.39, 0.29) is 6.10 Å². The minimum atomic E-state index is -0.511. The van der Waals surface area contributed by atoms with Crippen LogP contribution < -0.4 is 5.32 Å². The largest absolute Gasteiger partial charge is 0.392 e. The second-order valence-corrected chi connectivity index (χ2v) is 3.94. The first-order valence-corrected chi connectivity index (χ1v) is 5.23. The zero-order valence-corrected chi connectivity index (χ0v) is 9.27. The SMILES string of the molecule is Cc1cccc(C(O)CNC[C@@H](C)O)c1. The van der Waals surface area contributed by atoms with E-state index >= 15 is 0 Å². The summed E-state index contributed by atoms with van der Waals surface area (Å²) in [6.07, 6.45) is -0.890. The van der Waals surface area contributed by atoms with E-state index in [1.54, 1.807) is 6.92 Å². The molecule has 1 aromatic carbocycles. The molecule has 0 bridgehead atoms. The quantitative estimate of drug-likeness (QED) is 0.678. The van der Waals surface area contributed by atoms with Gasteiger partial charge >= 0.3 is 0 Å². The van der Waals surface area contributed by atoms with Crippen LogP contribution in [0.3, 0.4) is 0 Å². The van der Waals surface area contributed by atoms with Crippen LogP contribution in [-0.4, -0.2) is 29.4 Å². The van der Waals surface area contributed by atoms with Crippen LogP contribution in [0.2, 0.25) is 0 Å². The predicted octanol–water partition coefficient (Wildman–Crippen LogP) is 0.999. The molecule has 0 aliphatic heterocycles. The molecule has 0 heterocycles. The Morgan fingerprint density at radius 2 is 2.00 bits per heavy atom. The van der Waals surface area contributed by atoms with Gasteiger partial charge in [-0.15, -0.1) is 0 Å². The van der Waals surface area contributed by atoms with E-state index < -0.39 is 6.10 Å². The number of aryl methyl sites for hydroxylation is 1. The molecule has 84 valence electrons. The van der Waals surface area contributed by atoms with Crippen LogP contribution >= 0.6 is 0 Å². The first kappa shape index (κ1) is 12.2. The van der Waals surface area contributed by atoms with Gasteiger partial charge in [-0.3, -0.25) is 0 Å². The molecular weight excluding hydrogens is 190 g/mol. The molecular formula is C12H19NO2. The highest BCUT2D eigenvalue weighted by molar-refractivity contribution is 5.24. The summed E-state index contributed by atoms with van der Waals surface area (Å²) in [5.41, 5.74) is 2.05. The minimum absolute atomic E-state index is 0.380. The first-order chi connectivity index (χ1) is 7.09. The number of nitrogens with one attached hydrogen (secondary N) is 1. The molecule has 2 atom stereocenters. The van der Waals surface area contributed by atoms with Gasteiger partial charge in [0.15, 0.2) is 0 Å². The zero-order valence-electron chi connectivity index (χ0n) is 9.27. The molecule has 1 rings (SSSR count). The number of aliphatic hydroxyl groups excluding tert-OH is 2. The molecule has 3 heteroatoms. The minimum Gasteiger partial charge on any atom is -0.392 e. The molecule has 0 aliphatic carbocycles. The molecule has 1 aromatic rings. The van der Waals surface area contributed by atoms with E-state index in [4.69, 9.17) is 5.11 Å². The van der Waals surface area contributed by atoms with Gasteiger partial charge in [0.2, 0.25) is 0 Å². The van der Waals surface area contributed by atoms with Crippen molar-refractivity contribution in [3.63, 3.8) is 0 Å². The van der Waals surface area contributed by atoms with Gasteiger partial charge in [-0.25, -0.2) is 0 Å². The number of aliphatic hydroxyl groups is 2. The van der Waals surface area contributed by atoms with Crippen molar-refractivity contribution in [2.24, 2.45) is 0 Å². The Morgan fingerprint density at radius 3 is 2.60 bits per heavy atom. The maximum atomic E-state index is 9.81. The van der Waals surface area contributed by atoms with Gasteiger partial charge in [-0.05, 0) is 19.4 Å². The van der Waals surface area contributed by atoms with Gasteiger partial charge in [0.05, 0.1) is 12.2 Å². The molecule has 0 radical (unpaired) electrons. The number of hydrogen-bond acceptors (Lipinski definition) is 3. The molecule has 0 aliphatic rings. The lowest BCUT2D eigenvalue weighted by atomic mass is 10.1. The fourth-order valence-corrected chi connectivity index (χ4v) is 1.42. The molecule has 0 saturated heterocycles. The van der Waals surface area contributed by atoms with Crippen molar-refractivity contribution >= 4 is 0 Å². The second-order valence-electron chi connectivity index (χ2n) is 3.94. The predicted molar refractivity (Wildman–Crippen MR) is 60.7 cm³/mol. The van der Waals surface area contributed by atoms with Crippen LogP contribution in [0.1, 0.15) is 24.2 Å². The van der Waals surface area contributed by atoms with E-state index in [9.17, 15) is 5.11 Å². The summed E-state index contributed by atoms with van der Waals surface area (Å²) in [6.45, 7) is 4.68. The fourth-order valence-electron chi connectivity index (χ4n) is 1.42. The smallest absolute Gasteiger partial charge is 0.0914 e. The molecule has 0 saturated carbocycles. The lowest BCUT2D eigenvalue weighted by Gasteiger charge is -2.13. The van der Waals surface area contributed by atoms with Crippen LogP contribution in [-0.2, 0) is 0 Å². The summed E-state index contributed by atoms with van der Waals surface area (Å²) >= 11 is 0. The summed E-state index contributed by atoms with van der Waals surface area (Å²) in [6, 6.07) is 7.80. The van der Waals surface area contributed by atoms with E-state index in [1.807, 2.05) is 31.2 Å². The summed E-state index contributed by atoms with van der Waals surface area (Å²) in [5, 5.41) is 21.9. The average molecular weight is 209 g/mol. The maximum Gasteiger partial charge on any atom is 0.0914 e. The van der Waals surface area contributed by atoms with Gasteiger partial charge in [-0.2, -0.15) is 0 Å². The number of hydrogen-bond donors (Lipinski definition) is 3. The second kappa shape index (κ2) is 5.85. The summed E-state index contributed by atoms with van der Waals surface area (Å²) in [5.74, 6) is 0. The van der Waals surface area contributed by atoms with E-state index in [0.717, 1.165) is 11.1 Å². The van der Waals surface area contributed by atoms with E-state index in [0.29, 0.717) is 13.1 Å². The van der Waals surface area contributed by atoms with Crippen LogP contribution in [0.4, 0.5) is 0 Å². The van der Waals surface area contributed by atoms with Crippen LogP contribution in [0, 0.1) is 6.92 Å². The average Bonchev–Trinajstić information content (AvgIpc) is 2.17. The van der Waals surface area contributed by atoms with Gasteiger partial charge in [-0.1, -0.05) is 29.8 Å². The molecule has 3 N–H and O–H groups in total. The summed E-state index contributed by atoms with van der Waals surface area (Å²) in [4.78, 5) is 0. The number of benzene rings is 1. The third-order valence-electron chi connectivity index (χ3n) is 2.20. The monoisotopic (exact) mass is 209 g/mol. The molecule has 0 fully saturated rings. The summed E-state index contributed by atoms with van der Waals surface area (Å²) < 4.78 is 0. The van der Waals surface area contributed by atoms with E-state index in [2.05, 4.69) is 5.32 Å². The summed E-state index contributed by atoms with van der Waals surface area (Å²) in [7, 11) is 0. The molecule has 15 heavy (non-hydrogen) atoms. The topological polar surface area (TPSA) is 52.5 Å². The van der Waals surface area contributed by atoms with Gasteiger partial charge in [0.25, 0.3) is 0 Å². The van der Waals surface area contributed by atoms with Crippen molar-refractivity contribution in [2.75, 3.05) is 13.1 Å². The Hall–Kier alpha value is -0.900. The Morgan fingerprint density at radius 1 is 1.27 bits per heavy atom. The van der Waals surface area contributed by atoms with Crippen molar-refractivity contribution in [3.05, 3.63) is 35.4 Å². The van der Waals surface area contributed by atoms with Crippen molar-refractivity contribution in [1.82, 2.24) is 5.32 Å². The highest BCUT2D eigenvalue weighted by atomic mass is 16.3. The van der Waals surface area contributed by atoms with Crippen molar-refractivity contribution < 1.29 is 10.2 Å². The molecule has 3 nitrogen and oxygen atoms in total. The van der Waals surface area contributed by atoms with Crippen LogP contribution in [0.5, 0.6) is 0 Å². The standard InChI is InChI=1S/C12H19NO2/c1-9-4-3-5-11(6-9)12(15)8-13-7-10(2)14/h3-6,10,12-15H,7-8H2,1-2H3/t10-,12?/m1/s1. The highest BCUT2D eigenvalue weighted by Gasteiger charge is 2.07. The highest BCUT2D eigenvalue weighted by Crippen LogP contribution is 2.13. The lowest BCUT2D eigenvalue weighted by Crippen LogP contribution is -2.28. The fraction of sp³-hybridized carbons (Fsp3) is 0.500. The van der Waals surface area contributed by atoms with Crippen molar-refractivity contribution in [1.29, 1.82) is 0 Å². The van der Waals surface area contributed by atoms with Gasteiger partial charge in [0.1, 0.15) is 0 Å². The number of rotatable bonds is 5. The van der Waals surface area contributed by atoms with Gasteiger partial charge < -0.3 is 15.5 Å². The third-order valence-corrected chi connectivity index (χ3v) is 2.20. The van der Waals surface area contributed by atoms with Crippen LogP contribution in [0.15, 0.2) is 24.3 Å². The third kappa shape index (κ3) is 4.42. The Labute approximate surface area is 90.8 Å². The van der Waals surface area contributed by atoms with E-state index in [1.165, 1.54) is 0 Å². The molecule has 0 aromatic heterocycles. The molecule has 0 amide bonds. The lowest BCUT2D eigenvalue weighted by molar-refractivity contribution is 0.155.